The number of hydrogen-bond donors (Lipinski definition) is 0. The quantitative estimate of drug-likeness (QED) is 0.800. The zero-order valence-corrected chi connectivity index (χ0v) is 12.7. The first-order valence-corrected chi connectivity index (χ1v) is 7.66. The molecule has 0 amide bonds. The highest BCUT2D eigenvalue weighted by atomic mass is 35.5. The van der Waals surface area contributed by atoms with Crippen molar-refractivity contribution in [3.63, 3.8) is 0 Å². The summed E-state index contributed by atoms with van der Waals surface area (Å²) in [6.45, 7) is 4.30. The number of aryl methyl sites for hydroxylation is 1. The summed E-state index contributed by atoms with van der Waals surface area (Å²) < 4.78 is 27.6. The van der Waals surface area contributed by atoms with Gasteiger partial charge in [-0.3, -0.25) is 0 Å². The Balaban J connectivity index is 3.12. The largest absolute Gasteiger partial charge is 0.324 e. The van der Waals surface area contributed by atoms with Crippen molar-refractivity contribution >= 4 is 21.6 Å². The van der Waals surface area contributed by atoms with Crippen molar-refractivity contribution in [2.24, 2.45) is 13.0 Å². The third-order valence-electron chi connectivity index (χ3n) is 2.46. The first kappa shape index (κ1) is 16.0. The Morgan fingerprint density at radius 2 is 2.21 bits per heavy atom. The lowest BCUT2D eigenvalue weighted by Gasteiger charge is -2.22. The summed E-state index contributed by atoms with van der Waals surface area (Å²) in [4.78, 5) is 3.84. The fraction of sp³-hybridized carbons (Fsp3) is 0.636. The number of imidazole rings is 1. The lowest BCUT2D eigenvalue weighted by molar-refractivity contribution is 0.371. The van der Waals surface area contributed by atoms with Crippen LogP contribution in [-0.4, -0.2) is 35.4 Å². The van der Waals surface area contributed by atoms with E-state index < -0.39 is 10.0 Å². The molecule has 1 rings (SSSR count). The van der Waals surface area contributed by atoms with E-state index in [2.05, 4.69) is 4.98 Å². The van der Waals surface area contributed by atoms with Gasteiger partial charge in [-0.1, -0.05) is 25.4 Å². The SMILES string of the molecule is CC(C)CN(CCC#N)S(=O)(=O)c1ncn(C)c1Cl. The molecule has 0 spiro atoms. The molecule has 106 valence electrons. The van der Waals surface area contributed by atoms with Crippen molar-refractivity contribution in [2.75, 3.05) is 13.1 Å². The predicted molar refractivity (Wildman–Crippen MR) is 72.0 cm³/mol. The van der Waals surface area contributed by atoms with E-state index in [1.54, 1.807) is 7.05 Å². The molecule has 0 saturated carbocycles. The molecule has 0 atom stereocenters. The standard InChI is InChI=1S/C11H17ClN4O2S/c1-9(2)7-16(6-4-5-13)19(17,18)11-10(12)15(3)8-14-11/h8-9H,4,6-7H2,1-3H3. The fourth-order valence-corrected chi connectivity index (χ4v) is 3.57. The second-order valence-corrected chi connectivity index (χ2v) is 6.83. The normalized spacial score (nSPS) is 12.1. The maximum atomic E-state index is 12.5. The van der Waals surface area contributed by atoms with Crippen molar-refractivity contribution in [3.05, 3.63) is 11.5 Å². The molecule has 0 aliphatic rings. The van der Waals surface area contributed by atoms with E-state index >= 15 is 0 Å². The molecule has 0 bridgehead atoms. The second kappa shape index (κ2) is 6.37. The summed E-state index contributed by atoms with van der Waals surface area (Å²) in [5.74, 6) is 0.149. The van der Waals surface area contributed by atoms with Gasteiger partial charge in [0.05, 0.1) is 12.4 Å². The monoisotopic (exact) mass is 304 g/mol. The van der Waals surface area contributed by atoms with Crippen LogP contribution in [0.2, 0.25) is 5.15 Å². The van der Waals surface area contributed by atoms with Gasteiger partial charge in [0.25, 0.3) is 10.0 Å². The molecule has 1 heterocycles. The molecule has 0 aliphatic carbocycles. The van der Waals surface area contributed by atoms with Crippen LogP contribution in [0.5, 0.6) is 0 Å². The molecule has 0 radical (unpaired) electrons. The van der Waals surface area contributed by atoms with Crippen LogP contribution in [0.25, 0.3) is 0 Å². The number of sulfonamides is 1. The summed E-state index contributed by atoms with van der Waals surface area (Å²) >= 11 is 5.94. The molecule has 6 nitrogen and oxygen atoms in total. The van der Waals surface area contributed by atoms with Crippen molar-refractivity contribution in [1.82, 2.24) is 13.9 Å². The maximum absolute atomic E-state index is 12.5. The highest BCUT2D eigenvalue weighted by Crippen LogP contribution is 2.23. The average molecular weight is 305 g/mol. The van der Waals surface area contributed by atoms with Crippen LogP contribution in [0.3, 0.4) is 0 Å². The topological polar surface area (TPSA) is 79.0 Å². The Bertz CT molecular complexity index is 574. The minimum Gasteiger partial charge on any atom is -0.324 e. The minimum absolute atomic E-state index is 0.0747. The Morgan fingerprint density at radius 1 is 1.58 bits per heavy atom. The number of aromatic nitrogens is 2. The van der Waals surface area contributed by atoms with Crippen LogP contribution in [0.4, 0.5) is 0 Å². The average Bonchev–Trinajstić information content (AvgIpc) is 2.65. The highest BCUT2D eigenvalue weighted by Gasteiger charge is 2.30. The van der Waals surface area contributed by atoms with E-state index in [1.807, 2.05) is 19.9 Å². The minimum atomic E-state index is -3.76. The Kier molecular flexibility index (Phi) is 5.35. The van der Waals surface area contributed by atoms with Gasteiger partial charge in [0, 0.05) is 26.6 Å². The van der Waals surface area contributed by atoms with E-state index in [1.165, 1.54) is 15.2 Å². The van der Waals surface area contributed by atoms with E-state index in [9.17, 15) is 8.42 Å². The number of rotatable bonds is 6. The van der Waals surface area contributed by atoms with Gasteiger partial charge in [0.15, 0.2) is 0 Å². The Hall–Kier alpha value is -1.10. The molecule has 0 aliphatic heterocycles. The second-order valence-electron chi connectivity index (χ2n) is 4.62. The van der Waals surface area contributed by atoms with Crippen LogP contribution >= 0.6 is 11.6 Å². The molecule has 0 saturated heterocycles. The van der Waals surface area contributed by atoms with E-state index in [-0.39, 0.29) is 29.1 Å². The molecule has 0 unspecified atom stereocenters. The molecule has 1 aromatic rings. The highest BCUT2D eigenvalue weighted by molar-refractivity contribution is 7.89. The number of hydrogen-bond acceptors (Lipinski definition) is 4. The van der Waals surface area contributed by atoms with Gasteiger partial charge in [-0.25, -0.2) is 13.4 Å². The lowest BCUT2D eigenvalue weighted by Crippen LogP contribution is -2.35. The zero-order valence-electron chi connectivity index (χ0n) is 11.2. The van der Waals surface area contributed by atoms with Crippen molar-refractivity contribution < 1.29 is 8.42 Å². The molecule has 0 fully saturated rings. The van der Waals surface area contributed by atoms with Gasteiger partial charge < -0.3 is 4.57 Å². The van der Waals surface area contributed by atoms with Gasteiger partial charge in [-0.2, -0.15) is 9.57 Å². The van der Waals surface area contributed by atoms with Crippen molar-refractivity contribution in [3.8, 4) is 6.07 Å². The molecular weight excluding hydrogens is 288 g/mol. The lowest BCUT2D eigenvalue weighted by atomic mass is 10.2. The number of nitrogens with zero attached hydrogens (tertiary/aromatic N) is 4. The Morgan fingerprint density at radius 3 is 2.63 bits per heavy atom. The Labute approximate surface area is 118 Å². The van der Waals surface area contributed by atoms with Crippen LogP contribution in [0.15, 0.2) is 11.4 Å². The zero-order chi connectivity index (χ0) is 14.6. The number of nitriles is 1. The van der Waals surface area contributed by atoms with Gasteiger partial charge >= 0.3 is 0 Å². The molecule has 8 heteroatoms. The maximum Gasteiger partial charge on any atom is 0.263 e. The van der Waals surface area contributed by atoms with Gasteiger partial charge in [0.1, 0.15) is 5.15 Å². The molecule has 0 N–H and O–H groups in total. The van der Waals surface area contributed by atoms with Crippen molar-refractivity contribution in [1.29, 1.82) is 5.26 Å². The number of halogens is 1. The first-order valence-electron chi connectivity index (χ1n) is 5.84. The van der Waals surface area contributed by atoms with Crippen LogP contribution < -0.4 is 0 Å². The molecule has 19 heavy (non-hydrogen) atoms. The summed E-state index contributed by atoms with van der Waals surface area (Å²) in [5.41, 5.74) is 0. The van der Waals surface area contributed by atoms with Gasteiger partial charge in [-0.15, -0.1) is 0 Å². The smallest absolute Gasteiger partial charge is 0.263 e. The predicted octanol–water partition coefficient (Wildman–Crippen LogP) is 1.63. The fourth-order valence-electron chi connectivity index (χ4n) is 1.58. The van der Waals surface area contributed by atoms with Crippen LogP contribution in [0.1, 0.15) is 20.3 Å². The van der Waals surface area contributed by atoms with Crippen LogP contribution in [-0.2, 0) is 17.1 Å². The van der Waals surface area contributed by atoms with E-state index in [0.717, 1.165) is 0 Å². The van der Waals surface area contributed by atoms with Crippen molar-refractivity contribution in [2.45, 2.75) is 25.3 Å². The van der Waals surface area contributed by atoms with Gasteiger partial charge in [-0.05, 0) is 5.92 Å². The summed E-state index contributed by atoms with van der Waals surface area (Å²) in [7, 11) is -2.14. The molecule has 0 aromatic carbocycles. The van der Waals surface area contributed by atoms with E-state index in [0.29, 0.717) is 6.54 Å². The third kappa shape index (κ3) is 3.69. The third-order valence-corrected chi connectivity index (χ3v) is 4.82. The summed E-state index contributed by atoms with van der Waals surface area (Å²) in [6, 6.07) is 1.95. The first-order chi connectivity index (χ1) is 8.80. The summed E-state index contributed by atoms with van der Waals surface area (Å²) in [6.07, 6.45) is 1.49. The molecular formula is C11H17ClN4O2S. The summed E-state index contributed by atoms with van der Waals surface area (Å²) in [5, 5.41) is 8.54. The van der Waals surface area contributed by atoms with Crippen LogP contribution in [0, 0.1) is 17.2 Å². The van der Waals surface area contributed by atoms with E-state index in [4.69, 9.17) is 16.9 Å². The molecule has 1 aromatic heterocycles. The van der Waals surface area contributed by atoms with Gasteiger partial charge in [0.2, 0.25) is 5.03 Å².